The highest BCUT2D eigenvalue weighted by molar-refractivity contribution is 7.13. The third-order valence-electron chi connectivity index (χ3n) is 5.50. The van der Waals surface area contributed by atoms with E-state index in [9.17, 15) is 9.59 Å². The first-order valence-corrected chi connectivity index (χ1v) is 11.5. The summed E-state index contributed by atoms with van der Waals surface area (Å²) < 4.78 is 5.69. The normalized spacial score (nSPS) is 14.2. The van der Waals surface area contributed by atoms with Gasteiger partial charge in [-0.05, 0) is 62.1 Å². The SMILES string of the molecule is Cc1ccc(OCc2nnc(C(=O)Nc3ccc(C(=O)N4CCC(C)CC4)cc3)s2)cc1. The highest BCUT2D eigenvalue weighted by atomic mass is 32.1. The maximum Gasteiger partial charge on any atom is 0.286 e. The lowest BCUT2D eigenvalue weighted by atomic mass is 9.98. The summed E-state index contributed by atoms with van der Waals surface area (Å²) in [6.07, 6.45) is 2.08. The minimum absolute atomic E-state index is 0.0390. The Morgan fingerprint density at radius 2 is 1.75 bits per heavy atom. The zero-order valence-corrected chi connectivity index (χ0v) is 19.0. The lowest BCUT2D eigenvalue weighted by molar-refractivity contribution is 0.0697. The number of rotatable bonds is 6. The van der Waals surface area contributed by atoms with Gasteiger partial charge >= 0.3 is 0 Å². The number of likely N-dealkylation sites (tertiary alicyclic amines) is 1. The second kappa shape index (κ2) is 9.91. The zero-order valence-electron chi connectivity index (χ0n) is 18.2. The Bertz CT molecular complexity index is 1070. The quantitative estimate of drug-likeness (QED) is 0.596. The molecule has 166 valence electrons. The number of amides is 2. The van der Waals surface area contributed by atoms with Gasteiger partial charge in [0.05, 0.1) is 0 Å². The summed E-state index contributed by atoms with van der Waals surface area (Å²) in [5.74, 6) is 1.11. The fourth-order valence-corrected chi connectivity index (χ4v) is 4.11. The Hall–Kier alpha value is -3.26. The molecule has 32 heavy (non-hydrogen) atoms. The molecular weight excluding hydrogens is 424 g/mol. The van der Waals surface area contributed by atoms with Crippen molar-refractivity contribution in [3.05, 3.63) is 69.7 Å². The first-order valence-electron chi connectivity index (χ1n) is 10.7. The molecular formula is C24H26N4O3S. The van der Waals surface area contributed by atoms with Gasteiger partial charge in [0.25, 0.3) is 11.8 Å². The van der Waals surface area contributed by atoms with E-state index in [2.05, 4.69) is 22.4 Å². The lowest BCUT2D eigenvalue weighted by Gasteiger charge is -2.30. The Labute approximate surface area is 191 Å². The topological polar surface area (TPSA) is 84.4 Å². The minimum Gasteiger partial charge on any atom is -0.486 e. The summed E-state index contributed by atoms with van der Waals surface area (Å²) in [5.41, 5.74) is 2.39. The molecule has 0 spiro atoms. The van der Waals surface area contributed by atoms with Gasteiger partial charge in [-0.3, -0.25) is 9.59 Å². The zero-order chi connectivity index (χ0) is 22.5. The van der Waals surface area contributed by atoms with Crippen molar-refractivity contribution in [2.75, 3.05) is 18.4 Å². The predicted octanol–water partition coefficient (Wildman–Crippen LogP) is 4.55. The van der Waals surface area contributed by atoms with Gasteiger partial charge in [0, 0.05) is 24.3 Å². The molecule has 4 rings (SSSR count). The molecule has 7 nitrogen and oxygen atoms in total. The number of carbonyl (C=O) groups excluding carboxylic acids is 2. The van der Waals surface area contributed by atoms with Gasteiger partial charge in [-0.25, -0.2) is 0 Å². The monoisotopic (exact) mass is 450 g/mol. The van der Waals surface area contributed by atoms with Gasteiger partial charge in [-0.15, -0.1) is 10.2 Å². The van der Waals surface area contributed by atoms with E-state index >= 15 is 0 Å². The fourth-order valence-electron chi connectivity index (χ4n) is 3.46. The molecule has 1 N–H and O–H groups in total. The van der Waals surface area contributed by atoms with Gasteiger partial charge in [0.1, 0.15) is 12.4 Å². The van der Waals surface area contributed by atoms with E-state index in [1.54, 1.807) is 24.3 Å². The van der Waals surface area contributed by atoms with Crippen LogP contribution in [0.15, 0.2) is 48.5 Å². The number of nitrogens with one attached hydrogen (secondary N) is 1. The van der Waals surface area contributed by atoms with Crippen LogP contribution in [0.2, 0.25) is 0 Å². The Balaban J connectivity index is 1.31. The lowest BCUT2D eigenvalue weighted by Crippen LogP contribution is -2.37. The summed E-state index contributed by atoms with van der Waals surface area (Å²) >= 11 is 1.19. The Morgan fingerprint density at radius 3 is 2.44 bits per heavy atom. The first kappa shape index (κ1) is 22.0. The van der Waals surface area contributed by atoms with E-state index in [0.717, 1.165) is 37.2 Å². The second-order valence-corrected chi connectivity index (χ2v) is 9.17. The number of aryl methyl sites for hydroxylation is 1. The van der Waals surface area contributed by atoms with Crippen molar-refractivity contribution in [2.45, 2.75) is 33.3 Å². The summed E-state index contributed by atoms with van der Waals surface area (Å²) in [4.78, 5) is 27.1. The number of piperidine rings is 1. The molecule has 0 unspecified atom stereocenters. The number of aromatic nitrogens is 2. The highest BCUT2D eigenvalue weighted by Crippen LogP contribution is 2.20. The molecule has 1 aliphatic heterocycles. The highest BCUT2D eigenvalue weighted by Gasteiger charge is 2.21. The van der Waals surface area contributed by atoms with E-state index in [0.29, 0.717) is 22.2 Å². The van der Waals surface area contributed by atoms with E-state index in [1.165, 1.54) is 11.3 Å². The number of nitrogens with zero attached hydrogens (tertiary/aromatic N) is 3. The van der Waals surface area contributed by atoms with Gasteiger partial charge in [-0.2, -0.15) is 0 Å². The summed E-state index contributed by atoms with van der Waals surface area (Å²) in [6, 6.07) is 14.7. The molecule has 1 saturated heterocycles. The Morgan fingerprint density at radius 1 is 1.06 bits per heavy atom. The summed E-state index contributed by atoms with van der Waals surface area (Å²) in [6.45, 7) is 6.08. The molecule has 0 radical (unpaired) electrons. The number of anilines is 1. The molecule has 0 saturated carbocycles. The van der Waals surface area contributed by atoms with Crippen LogP contribution in [0.25, 0.3) is 0 Å². The van der Waals surface area contributed by atoms with Crippen LogP contribution in [0.1, 0.15) is 50.5 Å². The van der Waals surface area contributed by atoms with Gasteiger partial charge in [-0.1, -0.05) is 36.0 Å². The van der Waals surface area contributed by atoms with Crippen molar-refractivity contribution in [3.63, 3.8) is 0 Å². The predicted molar refractivity (Wildman–Crippen MR) is 124 cm³/mol. The molecule has 0 aliphatic carbocycles. The van der Waals surface area contributed by atoms with Crippen molar-refractivity contribution in [1.82, 2.24) is 15.1 Å². The third kappa shape index (κ3) is 5.50. The molecule has 1 aliphatic rings. The average Bonchev–Trinajstić information content (AvgIpc) is 3.29. The van der Waals surface area contributed by atoms with E-state index in [1.807, 2.05) is 36.1 Å². The number of hydrogen-bond acceptors (Lipinski definition) is 6. The van der Waals surface area contributed by atoms with E-state index < -0.39 is 0 Å². The van der Waals surface area contributed by atoms with Crippen molar-refractivity contribution < 1.29 is 14.3 Å². The average molecular weight is 451 g/mol. The molecule has 8 heteroatoms. The van der Waals surface area contributed by atoms with Gasteiger partial charge < -0.3 is 15.0 Å². The molecule has 1 fully saturated rings. The molecule has 3 aromatic rings. The molecule has 1 aromatic heterocycles. The largest absolute Gasteiger partial charge is 0.486 e. The molecule has 0 atom stereocenters. The third-order valence-corrected chi connectivity index (χ3v) is 6.40. The van der Waals surface area contributed by atoms with Crippen LogP contribution >= 0.6 is 11.3 Å². The fraction of sp³-hybridized carbons (Fsp3) is 0.333. The number of ether oxygens (including phenoxy) is 1. The maximum atomic E-state index is 12.7. The number of hydrogen-bond donors (Lipinski definition) is 1. The van der Waals surface area contributed by atoms with Crippen molar-refractivity contribution in [2.24, 2.45) is 5.92 Å². The van der Waals surface area contributed by atoms with E-state index in [-0.39, 0.29) is 23.4 Å². The van der Waals surface area contributed by atoms with Crippen LogP contribution in [0.5, 0.6) is 5.75 Å². The Kier molecular flexibility index (Phi) is 6.80. The first-order chi connectivity index (χ1) is 15.5. The van der Waals surface area contributed by atoms with Crippen molar-refractivity contribution in [3.8, 4) is 5.75 Å². The van der Waals surface area contributed by atoms with Crippen molar-refractivity contribution >= 4 is 28.8 Å². The van der Waals surface area contributed by atoms with Crippen LogP contribution in [0.3, 0.4) is 0 Å². The van der Waals surface area contributed by atoms with Crippen LogP contribution in [-0.2, 0) is 6.61 Å². The summed E-state index contributed by atoms with van der Waals surface area (Å²) in [7, 11) is 0. The maximum absolute atomic E-state index is 12.7. The molecule has 2 heterocycles. The van der Waals surface area contributed by atoms with Crippen LogP contribution in [0.4, 0.5) is 5.69 Å². The smallest absolute Gasteiger partial charge is 0.286 e. The van der Waals surface area contributed by atoms with Crippen LogP contribution in [-0.4, -0.2) is 40.0 Å². The molecule has 2 amide bonds. The molecule has 2 aromatic carbocycles. The standard InChI is InChI=1S/C24H26N4O3S/c1-16-3-9-20(10-4-16)31-15-21-26-27-23(32-21)22(29)25-19-7-5-18(6-8-19)24(30)28-13-11-17(2)12-14-28/h3-10,17H,11-15H2,1-2H3,(H,25,29). The van der Waals surface area contributed by atoms with Crippen molar-refractivity contribution in [1.29, 1.82) is 0 Å². The number of benzene rings is 2. The van der Waals surface area contributed by atoms with Crippen LogP contribution < -0.4 is 10.1 Å². The second-order valence-electron chi connectivity index (χ2n) is 8.11. The van der Waals surface area contributed by atoms with Gasteiger partial charge in [0.15, 0.2) is 5.01 Å². The summed E-state index contributed by atoms with van der Waals surface area (Å²) in [5, 5.41) is 11.7. The van der Waals surface area contributed by atoms with Crippen LogP contribution in [0, 0.1) is 12.8 Å². The van der Waals surface area contributed by atoms with Gasteiger partial charge in [0.2, 0.25) is 5.01 Å². The number of carbonyl (C=O) groups is 2. The van der Waals surface area contributed by atoms with E-state index in [4.69, 9.17) is 4.74 Å². The minimum atomic E-state index is -0.340. The molecule has 0 bridgehead atoms.